The molecular weight excluding hydrogens is 472 g/mol. The molecule has 1 aliphatic heterocycles. The van der Waals surface area contributed by atoms with Gasteiger partial charge in [0.1, 0.15) is 11.4 Å². The van der Waals surface area contributed by atoms with Crippen molar-refractivity contribution >= 4 is 16.5 Å². The molecule has 0 radical (unpaired) electrons. The molecule has 0 saturated carbocycles. The zero-order valence-electron chi connectivity index (χ0n) is 20.5. The van der Waals surface area contributed by atoms with Crippen LogP contribution in [0.4, 0.5) is 5.69 Å². The van der Waals surface area contributed by atoms with E-state index in [9.17, 15) is 15.3 Å². The van der Waals surface area contributed by atoms with Gasteiger partial charge in [0, 0.05) is 5.56 Å². The zero-order valence-corrected chi connectivity index (χ0v) is 20.5. The minimum Gasteiger partial charge on any atom is -0.379 e. The lowest BCUT2D eigenvalue weighted by molar-refractivity contribution is -0.196. The second-order valence-electron chi connectivity index (χ2n) is 9.21. The summed E-state index contributed by atoms with van der Waals surface area (Å²) >= 11 is 0. The first-order valence-electron chi connectivity index (χ1n) is 12.0. The van der Waals surface area contributed by atoms with E-state index in [-0.39, 0.29) is 25.1 Å². The molecule has 8 nitrogen and oxygen atoms in total. The van der Waals surface area contributed by atoms with Gasteiger partial charge < -0.3 is 34.6 Å². The lowest BCUT2D eigenvalue weighted by atomic mass is 9.77. The number of fused-ring (bicyclic) bond motifs is 1. The molecule has 0 aliphatic carbocycles. The molecule has 37 heavy (non-hydrogen) atoms. The molecule has 8 heteroatoms. The van der Waals surface area contributed by atoms with Crippen LogP contribution in [0.1, 0.15) is 41.2 Å². The predicted molar refractivity (Wildman–Crippen MR) is 137 cm³/mol. The molecule has 190 valence electrons. The van der Waals surface area contributed by atoms with Crippen molar-refractivity contribution in [3.8, 4) is 11.8 Å². The number of aryl methyl sites for hydroxylation is 1. The van der Waals surface area contributed by atoms with Crippen LogP contribution in [0, 0.1) is 18.8 Å². The van der Waals surface area contributed by atoms with Gasteiger partial charge in [0.2, 0.25) is 12.2 Å². The third kappa shape index (κ3) is 5.09. The first-order chi connectivity index (χ1) is 17.9. The van der Waals surface area contributed by atoms with E-state index < -0.39 is 18.1 Å². The Morgan fingerprint density at radius 3 is 2.41 bits per heavy atom. The van der Waals surface area contributed by atoms with Gasteiger partial charge in [-0.1, -0.05) is 65.7 Å². The number of ether oxygens (including phenoxy) is 2. The summed E-state index contributed by atoms with van der Waals surface area (Å²) in [5, 5.41) is 39.0. The van der Waals surface area contributed by atoms with E-state index in [0.29, 0.717) is 11.4 Å². The SMILES string of the molecule is Cc1noc(C#Cc2ccc3cc(C4(C(O)O)COC4)ccc3c2)c1NC(O)OC(C)c1ccccc1. The van der Waals surface area contributed by atoms with E-state index in [1.807, 2.05) is 73.7 Å². The Bertz CT molecular complexity index is 1450. The van der Waals surface area contributed by atoms with Crippen LogP contribution >= 0.6 is 0 Å². The van der Waals surface area contributed by atoms with Gasteiger partial charge in [-0.25, -0.2) is 0 Å². The van der Waals surface area contributed by atoms with Crippen LogP contribution in [0.15, 0.2) is 71.3 Å². The van der Waals surface area contributed by atoms with Crippen LogP contribution in [0.5, 0.6) is 0 Å². The van der Waals surface area contributed by atoms with Gasteiger partial charge in [-0.05, 0) is 53.8 Å². The van der Waals surface area contributed by atoms with Crippen LogP contribution in [-0.4, -0.2) is 46.4 Å². The fourth-order valence-electron chi connectivity index (χ4n) is 4.33. The van der Waals surface area contributed by atoms with E-state index in [1.165, 1.54) is 0 Å². The van der Waals surface area contributed by atoms with Gasteiger partial charge in [-0.15, -0.1) is 0 Å². The molecule has 1 saturated heterocycles. The zero-order chi connectivity index (χ0) is 26.0. The molecule has 0 amide bonds. The maximum atomic E-state index is 10.5. The highest BCUT2D eigenvalue weighted by molar-refractivity contribution is 5.85. The summed E-state index contributed by atoms with van der Waals surface area (Å²) in [5.41, 5.74) is 2.76. The summed E-state index contributed by atoms with van der Waals surface area (Å²) < 4.78 is 16.3. The van der Waals surface area contributed by atoms with Crippen molar-refractivity contribution in [3.05, 3.63) is 94.9 Å². The van der Waals surface area contributed by atoms with E-state index in [2.05, 4.69) is 22.3 Å². The molecule has 1 fully saturated rings. The Morgan fingerprint density at radius 1 is 0.973 bits per heavy atom. The Kier molecular flexibility index (Phi) is 6.98. The molecule has 2 heterocycles. The summed E-state index contributed by atoms with van der Waals surface area (Å²) in [4.78, 5) is 0. The largest absolute Gasteiger partial charge is 0.379 e. The minimum atomic E-state index is -1.48. The molecule has 2 atom stereocenters. The number of anilines is 1. The van der Waals surface area contributed by atoms with Crippen molar-refractivity contribution in [3.63, 3.8) is 0 Å². The van der Waals surface area contributed by atoms with Crippen LogP contribution in [0.2, 0.25) is 0 Å². The molecule has 5 rings (SSSR count). The first kappa shape index (κ1) is 25.0. The van der Waals surface area contributed by atoms with Crippen molar-refractivity contribution in [2.24, 2.45) is 0 Å². The number of aromatic nitrogens is 1. The lowest BCUT2D eigenvalue weighted by Crippen LogP contribution is -2.55. The van der Waals surface area contributed by atoms with Crippen LogP contribution < -0.4 is 5.32 Å². The van der Waals surface area contributed by atoms with E-state index in [0.717, 1.165) is 27.5 Å². The van der Waals surface area contributed by atoms with Crippen LogP contribution in [0.25, 0.3) is 10.8 Å². The Morgan fingerprint density at radius 2 is 1.70 bits per heavy atom. The van der Waals surface area contributed by atoms with E-state index >= 15 is 0 Å². The highest BCUT2D eigenvalue weighted by Crippen LogP contribution is 2.36. The average molecular weight is 501 g/mol. The van der Waals surface area contributed by atoms with Gasteiger partial charge in [-0.3, -0.25) is 0 Å². The highest BCUT2D eigenvalue weighted by atomic mass is 16.6. The second-order valence-corrected chi connectivity index (χ2v) is 9.21. The van der Waals surface area contributed by atoms with Gasteiger partial charge in [0.15, 0.2) is 6.29 Å². The number of aliphatic hydroxyl groups excluding tert-OH is 2. The second kappa shape index (κ2) is 10.3. The van der Waals surface area contributed by atoms with E-state index in [1.54, 1.807) is 6.92 Å². The lowest BCUT2D eigenvalue weighted by Gasteiger charge is -2.43. The topological polar surface area (TPSA) is 117 Å². The number of aliphatic hydroxyl groups is 3. The summed E-state index contributed by atoms with van der Waals surface area (Å²) in [6, 6.07) is 21.2. The molecule has 4 aromatic rings. The van der Waals surface area contributed by atoms with Gasteiger partial charge in [-0.2, -0.15) is 0 Å². The van der Waals surface area contributed by atoms with Crippen LogP contribution in [-0.2, 0) is 14.9 Å². The number of nitrogens with one attached hydrogen (secondary N) is 1. The van der Waals surface area contributed by atoms with Crippen molar-refractivity contribution in [1.29, 1.82) is 0 Å². The van der Waals surface area contributed by atoms with Crippen molar-refractivity contribution in [1.82, 2.24) is 5.16 Å². The smallest absolute Gasteiger partial charge is 0.236 e. The molecule has 1 aliphatic rings. The molecule has 0 spiro atoms. The number of hydrogen-bond donors (Lipinski definition) is 4. The monoisotopic (exact) mass is 500 g/mol. The third-order valence-electron chi connectivity index (χ3n) is 6.68. The highest BCUT2D eigenvalue weighted by Gasteiger charge is 2.46. The number of nitrogens with zero attached hydrogens (tertiary/aromatic N) is 1. The molecular formula is C29H28N2O6. The molecule has 0 bridgehead atoms. The summed E-state index contributed by atoms with van der Waals surface area (Å²) in [7, 11) is 0. The number of benzene rings is 3. The standard InChI is InChI=1S/C29H28N2O6/c1-18-26(30-28(34)36-19(2)21-6-4-3-5-7-21)25(37-31-18)13-9-20-8-10-23-15-24(12-11-22(23)14-20)29(27(32)33)16-35-17-29/h3-8,10-12,14-15,19,27-28,30,32-34H,16-17H2,1-2H3. The summed E-state index contributed by atoms with van der Waals surface area (Å²) in [5.74, 6) is 6.35. The molecule has 1 aromatic heterocycles. The summed E-state index contributed by atoms with van der Waals surface area (Å²) in [6.07, 6.45) is -3.10. The predicted octanol–water partition coefficient (Wildman–Crippen LogP) is 3.58. The van der Waals surface area contributed by atoms with Gasteiger partial charge in [0.25, 0.3) is 0 Å². The average Bonchev–Trinajstić information content (AvgIpc) is 3.21. The van der Waals surface area contributed by atoms with Crippen molar-refractivity contribution in [2.45, 2.75) is 38.1 Å². The maximum absolute atomic E-state index is 10.5. The van der Waals surface area contributed by atoms with Gasteiger partial charge >= 0.3 is 0 Å². The first-order valence-corrected chi connectivity index (χ1v) is 12.0. The molecule has 4 N–H and O–H groups in total. The fraction of sp³-hybridized carbons (Fsp3) is 0.276. The maximum Gasteiger partial charge on any atom is 0.236 e. The summed E-state index contributed by atoms with van der Waals surface area (Å²) in [6.45, 7) is 4.16. The third-order valence-corrected chi connectivity index (χ3v) is 6.68. The van der Waals surface area contributed by atoms with E-state index in [4.69, 9.17) is 14.0 Å². The minimum absolute atomic E-state index is 0.275. The normalized spacial score (nSPS) is 16.1. The number of rotatable bonds is 7. The Labute approximate surface area is 214 Å². The van der Waals surface area contributed by atoms with Crippen LogP contribution in [0.3, 0.4) is 0 Å². The van der Waals surface area contributed by atoms with Crippen molar-refractivity contribution < 1.29 is 29.3 Å². The molecule has 3 aromatic carbocycles. The van der Waals surface area contributed by atoms with Crippen molar-refractivity contribution in [2.75, 3.05) is 18.5 Å². The van der Waals surface area contributed by atoms with Gasteiger partial charge in [0.05, 0.1) is 24.7 Å². The molecule has 2 unspecified atom stereocenters. The Hall–Kier alpha value is -3.71. The number of hydrogen-bond acceptors (Lipinski definition) is 8. The Balaban J connectivity index is 1.32. The fourth-order valence-corrected chi connectivity index (χ4v) is 4.33. The quantitative estimate of drug-likeness (QED) is 0.225.